The Morgan fingerprint density at radius 1 is 1.29 bits per heavy atom. The smallest absolute Gasteiger partial charge is 0.140 e. The summed E-state index contributed by atoms with van der Waals surface area (Å²) in [6, 6.07) is 0.230. The summed E-state index contributed by atoms with van der Waals surface area (Å²) in [5.41, 5.74) is 0. The molecule has 4 heteroatoms. The second kappa shape index (κ2) is 5.35. The van der Waals surface area contributed by atoms with Crippen LogP contribution in [0.4, 0.5) is 0 Å². The van der Waals surface area contributed by atoms with Gasteiger partial charge in [-0.2, -0.15) is 15.5 Å². The Kier molecular flexibility index (Phi) is 4.40. The molecule has 0 aromatic carbocycles. The fourth-order valence-corrected chi connectivity index (χ4v) is 2.38. The summed E-state index contributed by atoms with van der Waals surface area (Å²) in [7, 11) is 0. The van der Waals surface area contributed by atoms with E-state index >= 15 is 0 Å². The molecule has 0 saturated heterocycles. The van der Waals surface area contributed by atoms with E-state index in [0.717, 1.165) is 12.8 Å². The van der Waals surface area contributed by atoms with E-state index in [1.807, 2.05) is 13.8 Å². The number of thioether (sulfide) groups is 1. The minimum Gasteiger partial charge on any atom is -0.190 e. The molecule has 0 bridgehead atoms. The minimum absolute atomic E-state index is 0.225. The molecule has 0 heterocycles. The molecule has 0 radical (unpaired) electrons. The van der Waals surface area contributed by atoms with Crippen molar-refractivity contribution in [2.75, 3.05) is 0 Å². The molecule has 3 nitrogen and oxygen atoms in total. The maximum Gasteiger partial charge on any atom is 0.140 e. The molecule has 0 aromatic heterocycles. The van der Waals surface area contributed by atoms with Crippen LogP contribution in [0.1, 0.15) is 46.0 Å². The molecule has 1 aliphatic carbocycles. The first-order valence-electron chi connectivity index (χ1n) is 5.18. The Bertz CT molecular complexity index is 236. The van der Waals surface area contributed by atoms with E-state index in [1.54, 1.807) is 0 Å². The van der Waals surface area contributed by atoms with Crippen LogP contribution in [-0.2, 0) is 0 Å². The molecule has 0 unspecified atom stereocenters. The lowest BCUT2D eigenvalue weighted by Crippen LogP contribution is -2.24. The fourth-order valence-electron chi connectivity index (χ4n) is 1.63. The van der Waals surface area contributed by atoms with Gasteiger partial charge in [0.2, 0.25) is 0 Å². The van der Waals surface area contributed by atoms with Gasteiger partial charge in [0.1, 0.15) is 10.3 Å². The number of hydrogen-bond donors (Lipinski definition) is 0. The topological polar surface area (TPSA) is 48.5 Å². The Morgan fingerprint density at radius 3 is 2.43 bits per heavy atom. The van der Waals surface area contributed by atoms with E-state index in [-0.39, 0.29) is 10.9 Å². The lowest BCUT2D eigenvalue weighted by Gasteiger charge is -2.29. The van der Waals surface area contributed by atoms with Crippen LogP contribution in [-0.4, -0.2) is 10.9 Å². The molecular formula is C10H17N3S. The van der Waals surface area contributed by atoms with Crippen molar-refractivity contribution in [3.05, 3.63) is 0 Å². The largest absolute Gasteiger partial charge is 0.190 e. The third-order valence-corrected chi connectivity index (χ3v) is 3.30. The molecule has 78 valence electrons. The van der Waals surface area contributed by atoms with Crippen LogP contribution in [0.2, 0.25) is 0 Å². The van der Waals surface area contributed by atoms with E-state index in [1.165, 1.54) is 31.0 Å². The summed E-state index contributed by atoms with van der Waals surface area (Å²) >= 11 is 1.29. The lowest BCUT2D eigenvalue weighted by molar-refractivity contribution is 0.391. The quantitative estimate of drug-likeness (QED) is 0.527. The predicted octanol–water partition coefficient (Wildman–Crippen LogP) is 3.72. The van der Waals surface area contributed by atoms with Crippen LogP contribution in [0.15, 0.2) is 10.2 Å². The zero-order valence-corrected chi connectivity index (χ0v) is 9.68. The molecular weight excluding hydrogens is 194 g/mol. The van der Waals surface area contributed by atoms with Crippen LogP contribution in [0.25, 0.3) is 0 Å². The first kappa shape index (κ1) is 11.5. The van der Waals surface area contributed by atoms with Crippen LogP contribution < -0.4 is 0 Å². The van der Waals surface area contributed by atoms with Crippen molar-refractivity contribution in [3.8, 4) is 5.40 Å². The molecule has 1 aliphatic rings. The first-order chi connectivity index (χ1) is 6.68. The van der Waals surface area contributed by atoms with Gasteiger partial charge in [-0.25, -0.2) is 0 Å². The third kappa shape index (κ3) is 3.30. The van der Waals surface area contributed by atoms with Gasteiger partial charge in [0.05, 0.1) is 6.04 Å². The summed E-state index contributed by atoms with van der Waals surface area (Å²) in [5.74, 6) is 0. The highest BCUT2D eigenvalue weighted by Crippen LogP contribution is 2.40. The first-order valence-corrected chi connectivity index (χ1v) is 5.99. The minimum atomic E-state index is -0.225. The molecule has 0 aromatic rings. The fraction of sp³-hybridized carbons (Fsp3) is 0.900. The van der Waals surface area contributed by atoms with Gasteiger partial charge in [-0.1, -0.05) is 19.3 Å². The molecule has 1 fully saturated rings. The van der Waals surface area contributed by atoms with E-state index in [4.69, 9.17) is 5.26 Å². The second-order valence-electron chi connectivity index (χ2n) is 4.01. The third-order valence-electron chi connectivity index (χ3n) is 2.34. The van der Waals surface area contributed by atoms with Gasteiger partial charge in [0.25, 0.3) is 0 Å². The SMILES string of the molecule is CC(C)/N=N/C1(SC#N)CCCCC1. The highest BCUT2D eigenvalue weighted by atomic mass is 32.2. The Labute approximate surface area is 90.0 Å². The summed E-state index contributed by atoms with van der Waals surface area (Å²) in [6.45, 7) is 4.02. The average Bonchev–Trinajstić information content (AvgIpc) is 2.17. The second-order valence-corrected chi connectivity index (χ2v) is 5.16. The zero-order chi connectivity index (χ0) is 10.4. The molecule has 0 atom stereocenters. The number of nitriles is 1. The maximum atomic E-state index is 8.76. The average molecular weight is 211 g/mol. The summed E-state index contributed by atoms with van der Waals surface area (Å²) in [6.07, 6.45) is 5.62. The molecule has 0 amide bonds. The van der Waals surface area contributed by atoms with Crippen molar-refractivity contribution in [1.29, 1.82) is 5.26 Å². The van der Waals surface area contributed by atoms with Gasteiger partial charge in [0.15, 0.2) is 0 Å². The molecule has 14 heavy (non-hydrogen) atoms. The summed E-state index contributed by atoms with van der Waals surface area (Å²) < 4.78 is 0. The van der Waals surface area contributed by atoms with E-state index < -0.39 is 0 Å². The maximum absolute atomic E-state index is 8.76. The molecule has 1 rings (SSSR count). The van der Waals surface area contributed by atoms with Crippen molar-refractivity contribution in [2.45, 2.75) is 56.9 Å². The molecule has 0 aliphatic heterocycles. The highest BCUT2D eigenvalue weighted by Gasteiger charge is 2.33. The van der Waals surface area contributed by atoms with E-state index in [2.05, 4.69) is 15.6 Å². The number of nitrogens with zero attached hydrogens (tertiary/aromatic N) is 3. The van der Waals surface area contributed by atoms with Gasteiger partial charge in [-0.15, -0.1) is 0 Å². The van der Waals surface area contributed by atoms with Gasteiger partial charge < -0.3 is 0 Å². The molecule has 1 saturated carbocycles. The zero-order valence-electron chi connectivity index (χ0n) is 8.86. The Morgan fingerprint density at radius 2 is 1.93 bits per heavy atom. The number of azo groups is 1. The van der Waals surface area contributed by atoms with Crippen molar-refractivity contribution in [3.63, 3.8) is 0 Å². The van der Waals surface area contributed by atoms with Gasteiger partial charge in [-0.05, 0) is 38.5 Å². The summed E-state index contributed by atoms with van der Waals surface area (Å²) in [5, 5.41) is 19.5. The number of hydrogen-bond acceptors (Lipinski definition) is 4. The van der Waals surface area contributed by atoms with Crippen LogP contribution >= 0.6 is 11.8 Å². The standard InChI is InChI=1S/C10H17N3S/c1-9(2)12-13-10(14-8-11)6-4-3-5-7-10/h9H,3-7H2,1-2H3/b13-12+. The normalized spacial score (nSPS) is 21.3. The predicted molar refractivity (Wildman–Crippen MR) is 59.0 cm³/mol. The van der Waals surface area contributed by atoms with E-state index in [0.29, 0.717) is 0 Å². The monoisotopic (exact) mass is 211 g/mol. The number of thiocyanates is 1. The highest BCUT2D eigenvalue weighted by molar-refractivity contribution is 8.05. The van der Waals surface area contributed by atoms with Crippen molar-refractivity contribution >= 4 is 11.8 Å². The van der Waals surface area contributed by atoms with Gasteiger partial charge in [0, 0.05) is 0 Å². The Balaban J connectivity index is 2.65. The van der Waals surface area contributed by atoms with Crippen LogP contribution in [0.5, 0.6) is 0 Å². The van der Waals surface area contributed by atoms with Gasteiger partial charge in [-0.3, -0.25) is 0 Å². The van der Waals surface area contributed by atoms with Crippen LogP contribution in [0.3, 0.4) is 0 Å². The van der Waals surface area contributed by atoms with Crippen molar-refractivity contribution in [1.82, 2.24) is 0 Å². The van der Waals surface area contributed by atoms with Gasteiger partial charge >= 0.3 is 0 Å². The van der Waals surface area contributed by atoms with Crippen molar-refractivity contribution in [2.24, 2.45) is 10.2 Å². The van der Waals surface area contributed by atoms with E-state index in [9.17, 15) is 0 Å². The molecule has 0 N–H and O–H groups in total. The summed E-state index contributed by atoms with van der Waals surface area (Å²) in [4.78, 5) is -0.225. The van der Waals surface area contributed by atoms with Crippen LogP contribution in [0, 0.1) is 10.7 Å². The Hall–Kier alpha value is -0.560. The molecule has 0 spiro atoms. The van der Waals surface area contributed by atoms with Crippen molar-refractivity contribution < 1.29 is 0 Å². The number of rotatable bonds is 3. The lowest BCUT2D eigenvalue weighted by atomic mass is 9.95.